The molecule has 0 bridgehead atoms. The van der Waals surface area contributed by atoms with E-state index in [1.165, 1.54) is 5.56 Å². The zero-order chi connectivity index (χ0) is 12.9. The first-order valence-electron chi connectivity index (χ1n) is 5.67. The van der Waals surface area contributed by atoms with Gasteiger partial charge in [0.15, 0.2) is 0 Å². The SMILES string of the molecule is CC(NCl)C(=O)NC(C)(C)Cc1ccccc1. The average Bonchev–Trinajstić information content (AvgIpc) is 2.27. The highest BCUT2D eigenvalue weighted by Gasteiger charge is 2.23. The Morgan fingerprint density at radius 3 is 2.47 bits per heavy atom. The number of carbonyl (C=O) groups excluding carboxylic acids is 1. The molecule has 0 heterocycles. The van der Waals surface area contributed by atoms with E-state index in [0.717, 1.165) is 6.42 Å². The maximum atomic E-state index is 11.7. The number of carbonyl (C=O) groups is 1. The molecular weight excluding hydrogens is 236 g/mol. The number of amides is 1. The fraction of sp³-hybridized carbons (Fsp3) is 0.462. The molecule has 0 aliphatic carbocycles. The molecule has 17 heavy (non-hydrogen) atoms. The van der Waals surface area contributed by atoms with Crippen LogP contribution in [0.1, 0.15) is 26.3 Å². The first-order chi connectivity index (χ1) is 7.94. The van der Waals surface area contributed by atoms with Crippen LogP contribution in [0.5, 0.6) is 0 Å². The third-order valence-electron chi connectivity index (χ3n) is 2.51. The zero-order valence-corrected chi connectivity index (χ0v) is 11.2. The third kappa shape index (κ3) is 4.75. The molecule has 1 atom stereocenters. The maximum absolute atomic E-state index is 11.7. The summed E-state index contributed by atoms with van der Waals surface area (Å²) in [5.74, 6) is -0.0964. The maximum Gasteiger partial charge on any atom is 0.238 e. The molecule has 0 radical (unpaired) electrons. The smallest absolute Gasteiger partial charge is 0.238 e. The number of rotatable bonds is 5. The fourth-order valence-electron chi connectivity index (χ4n) is 1.64. The van der Waals surface area contributed by atoms with Crippen molar-refractivity contribution in [3.63, 3.8) is 0 Å². The lowest BCUT2D eigenvalue weighted by atomic mass is 9.94. The van der Waals surface area contributed by atoms with Crippen molar-refractivity contribution in [1.82, 2.24) is 10.2 Å². The second-order valence-electron chi connectivity index (χ2n) is 4.87. The monoisotopic (exact) mass is 254 g/mol. The molecular formula is C13H19ClN2O. The molecule has 1 amide bonds. The molecule has 2 N–H and O–H groups in total. The molecule has 94 valence electrons. The van der Waals surface area contributed by atoms with E-state index in [9.17, 15) is 4.79 Å². The van der Waals surface area contributed by atoms with Crippen molar-refractivity contribution in [3.8, 4) is 0 Å². The summed E-state index contributed by atoms with van der Waals surface area (Å²) >= 11 is 5.43. The summed E-state index contributed by atoms with van der Waals surface area (Å²) in [7, 11) is 0. The summed E-state index contributed by atoms with van der Waals surface area (Å²) < 4.78 is 0. The van der Waals surface area contributed by atoms with Gasteiger partial charge in [-0.25, -0.2) is 4.84 Å². The zero-order valence-electron chi connectivity index (χ0n) is 10.5. The Labute approximate surface area is 108 Å². The van der Waals surface area contributed by atoms with E-state index in [4.69, 9.17) is 11.8 Å². The molecule has 1 rings (SSSR count). The van der Waals surface area contributed by atoms with Crippen molar-refractivity contribution in [1.29, 1.82) is 0 Å². The lowest BCUT2D eigenvalue weighted by molar-refractivity contribution is -0.123. The largest absolute Gasteiger partial charge is 0.350 e. The van der Waals surface area contributed by atoms with E-state index in [1.54, 1.807) is 6.92 Å². The number of hydrogen-bond acceptors (Lipinski definition) is 2. The highest BCUT2D eigenvalue weighted by atomic mass is 35.5. The van der Waals surface area contributed by atoms with Gasteiger partial charge in [-0.1, -0.05) is 30.3 Å². The highest BCUT2D eigenvalue weighted by molar-refractivity contribution is 6.15. The third-order valence-corrected chi connectivity index (χ3v) is 2.83. The summed E-state index contributed by atoms with van der Waals surface area (Å²) in [6, 6.07) is 9.68. The van der Waals surface area contributed by atoms with Crippen LogP contribution in [0.3, 0.4) is 0 Å². The van der Waals surface area contributed by atoms with Crippen molar-refractivity contribution in [2.24, 2.45) is 0 Å². The summed E-state index contributed by atoms with van der Waals surface area (Å²) in [6.45, 7) is 5.72. The summed E-state index contributed by atoms with van der Waals surface area (Å²) in [4.78, 5) is 14.1. The van der Waals surface area contributed by atoms with Crippen LogP contribution in [0.25, 0.3) is 0 Å². The Morgan fingerprint density at radius 1 is 1.35 bits per heavy atom. The van der Waals surface area contributed by atoms with E-state index in [2.05, 4.69) is 22.3 Å². The van der Waals surface area contributed by atoms with E-state index in [-0.39, 0.29) is 11.4 Å². The Hall–Kier alpha value is -1.06. The van der Waals surface area contributed by atoms with Crippen LogP contribution in [-0.4, -0.2) is 17.5 Å². The molecule has 0 saturated carbocycles. The van der Waals surface area contributed by atoms with Gasteiger partial charge < -0.3 is 5.32 Å². The topological polar surface area (TPSA) is 41.1 Å². The summed E-state index contributed by atoms with van der Waals surface area (Å²) in [5, 5.41) is 2.97. The Bertz CT molecular complexity index is 365. The molecule has 0 aliphatic heterocycles. The van der Waals surface area contributed by atoms with Crippen LogP contribution >= 0.6 is 11.8 Å². The second kappa shape index (κ2) is 6.03. The summed E-state index contributed by atoms with van der Waals surface area (Å²) in [6.07, 6.45) is 0.786. The molecule has 1 aromatic carbocycles. The fourth-order valence-corrected chi connectivity index (χ4v) is 1.74. The minimum absolute atomic E-state index is 0.0964. The van der Waals surface area contributed by atoms with Crippen LogP contribution in [0, 0.1) is 0 Å². The van der Waals surface area contributed by atoms with Crippen molar-refractivity contribution in [2.75, 3.05) is 0 Å². The van der Waals surface area contributed by atoms with Crippen molar-refractivity contribution >= 4 is 17.7 Å². The van der Waals surface area contributed by atoms with Gasteiger partial charge in [-0.3, -0.25) is 4.79 Å². The van der Waals surface area contributed by atoms with Gasteiger partial charge in [-0.2, -0.15) is 0 Å². The molecule has 0 saturated heterocycles. The molecule has 0 aliphatic rings. The van der Waals surface area contributed by atoms with Gasteiger partial charge in [-0.05, 0) is 44.5 Å². The first kappa shape index (κ1) is 14.0. The lowest BCUT2D eigenvalue weighted by Crippen LogP contribution is -2.50. The molecule has 0 aromatic heterocycles. The van der Waals surface area contributed by atoms with E-state index in [1.807, 2.05) is 32.0 Å². The molecule has 0 fully saturated rings. The molecule has 1 unspecified atom stereocenters. The Kier molecular flexibility index (Phi) is 4.97. The van der Waals surface area contributed by atoms with E-state index >= 15 is 0 Å². The predicted octanol–water partition coefficient (Wildman–Crippen LogP) is 2.26. The van der Waals surface area contributed by atoms with Gasteiger partial charge in [0.05, 0.1) is 6.04 Å². The number of nitrogens with one attached hydrogen (secondary N) is 2. The number of benzene rings is 1. The standard InChI is InChI=1S/C13H19ClN2O/c1-10(16-14)12(17)15-13(2,3)9-11-7-5-4-6-8-11/h4-8,10,16H,9H2,1-3H3,(H,15,17). The van der Waals surface area contributed by atoms with Gasteiger partial charge in [-0.15, -0.1) is 0 Å². The molecule has 4 heteroatoms. The quantitative estimate of drug-likeness (QED) is 0.792. The second-order valence-corrected chi connectivity index (χ2v) is 5.08. The van der Waals surface area contributed by atoms with Crippen LogP contribution in [0.4, 0.5) is 0 Å². The number of halogens is 1. The average molecular weight is 255 g/mol. The van der Waals surface area contributed by atoms with Gasteiger partial charge in [0.1, 0.15) is 0 Å². The van der Waals surface area contributed by atoms with Crippen molar-refractivity contribution < 1.29 is 4.79 Å². The Morgan fingerprint density at radius 2 is 1.94 bits per heavy atom. The normalized spacial score (nSPS) is 13.2. The highest BCUT2D eigenvalue weighted by Crippen LogP contribution is 2.12. The van der Waals surface area contributed by atoms with Crippen LogP contribution in [0.15, 0.2) is 30.3 Å². The first-order valence-corrected chi connectivity index (χ1v) is 6.04. The van der Waals surface area contributed by atoms with Gasteiger partial charge in [0.25, 0.3) is 0 Å². The van der Waals surface area contributed by atoms with Crippen molar-refractivity contribution in [3.05, 3.63) is 35.9 Å². The summed E-state index contributed by atoms with van der Waals surface area (Å²) in [5.41, 5.74) is 0.907. The predicted molar refractivity (Wildman–Crippen MR) is 70.8 cm³/mol. The van der Waals surface area contributed by atoms with E-state index < -0.39 is 6.04 Å². The molecule has 3 nitrogen and oxygen atoms in total. The van der Waals surface area contributed by atoms with Crippen LogP contribution < -0.4 is 10.2 Å². The minimum atomic E-state index is -0.397. The molecule has 1 aromatic rings. The molecule has 0 spiro atoms. The Balaban J connectivity index is 2.60. The van der Waals surface area contributed by atoms with Gasteiger partial charge in [0.2, 0.25) is 5.91 Å². The minimum Gasteiger partial charge on any atom is -0.350 e. The van der Waals surface area contributed by atoms with Crippen LogP contribution in [0.2, 0.25) is 0 Å². The van der Waals surface area contributed by atoms with E-state index in [0.29, 0.717) is 0 Å². The lowest BCUT2D eigenvalue weighted by Gasteiger charge is -2.27. The van der Waals surface area contributed by atoms with Gasteiger partial charge >= 0.3 is 0 Å². The van der Waals surface area contributed by atoms with Gasteiger partial charge in [0, 0.05) is 5.54 Å². The van der Waals surface area contributed by atoms with Crippen molar-refractivity contribution in [2.45, 2.75) is 38.8 Å². The van der Waals surface area contributed by atoms with Crippen LogP contribution in [-0.2, 0) is 11.2 Å². The number of hydrogen-bond donors (Lipinski definition) is 2.